The summed E-state index contributed by atoms with van der Waals surface area (Å²) in [6, 6.07) is 0. The number of carboxylic acids is 2. The lowest BCUT2D eigenvalue weighted by Gasteiger charge is -2.23. The molecule has 0 aromatic rings. The molecule has 0 rings (SSSR count). The van der Waals surface area contributed by atoms with Crippen LogP contribution in [0, 0.1) is 5.41 Å². The Morgan fingerprint density at radius 3 is 2.12 bits per heavy atom. The fraction of sp³-hybridized carbons (Fsp3) is 0.455. The summed E-state index contributed by atoms with van der Waals surface area (Å²) in [5.41, 5.74) is -2.12. The summed E-state index contributed by atoms with van der Waals surface area (Å²) in [5, 5.41) is 17.9. The van der Waals surface area contributed by atoms with Crippen molar-refractivity contribution in [2.75, 3.05) is 0 Å². The number of halogens is 1. The highest BCUT2D eigenvalue weighted by Crippen LogP contribution is 2.33. The summed E-state index contributed by atoms with van der Waals surface area (Å²) in [5.74, 6) is -4.02. The van der Waals surface area contributed by atoms with E-state index in [1.54, 1.807) is 6.08 Å². The molecule has 5 heteroatoms. The molecule has 4 nitrogen and oxygen atoms in total. The molecule has 0 aliphatic rings. The SMILES string of the molecule is C=CCCCC(CC(=C)F)(C(=O)O)C(=O)O. The molecule has 0 atom stereocenters. The van der Waals surface area contributed by atoms with Crippen molar-refractivity contribution in [2.24, 2.45) is 5.41 Å². The molecule has 0 heterocycles. The van der Waals surface area contributed by atoms with E-state index in [1.165, 1.54) is 0 Å². The summed E-state index contributed by atoms with van der Waals surface area (Å²) in [6.07, 6.45) is 1.52. The lowest BCUT2D eigenvalue weighted by atomic mass is 9.79. The molecule has 0 aromatic heterocycles. The first-order valence-electron chi connectivity index (χ1n) is 4.78. The predicted molar refractivity (Wildman–Crippen MR) is 56.6 cm³/mol. The molecule has 0 spiro atoms. The van der Waals surface area contributed by atoms with Crippen molar-refractivity contribution >= 4 is 11.9 Å². The van der Waals surface area contributed by atoms with E-state index in [-0.39, 0.29) is 6.42 Å². The van der Waals surface area contributed by atoms with Crippen molar-refractivity contribution in [3.8, 4) is 0 Å². The number of unbranched alkanes of at least 4 members (excludes halogenated alkanes) is 1. The van der Waals surface area contributed by atoms with Crippen molar-refractivity contribution in [1.82, 2.24) is 0 Å². The summed E-state index contributed by atoms with van der Waals surface area (Å²) >= 11 is 0. The third kappa shape index (κ3) is 3.49. The van der Waals surface area contributed by atoms with Gasteiger partial charge in [-0.2, -0.15) is 0 Å². The summed E-state index contributed by atoms with van der Waals surface area (Å²) in [4.78, 5) is 22.0. The van der Waals surface area contributed by atoms with Crippen molar-refractivity contribution in [2.45, 2.75) is 25.7 Å². The number of hydrogen-bond donors (Lipinski definition) is 2. The Balaban J connectivity index is 4.94. The fourth-order valence-electron chi connectivity index (χ4n) is 1.42. The van der Waals surface area contributed by atoms with Crippen LogP contribution in [0.5, 0.6) is 0 Å². The molecule has 0 aliphatic heterocycles. The minimum atomic E-state index is -2.12. The number of aliphatic carboxylic acids is 2. The molecule has 0 radical (unpaired) electrons. The minimum Gasteiger partial charge on any atom is -0.480 e. The van der Waals surface area contributed by atoms with Crippen LogP contribution in [-0.4, -0.2) is 22.2 Å². The van der Waals surface area contributed by atoms with Gasteiger partial charge in [-0.25, -0.2) is 4.39 Å². The first-order chi connectivity index (χ1) is 7.36. The summed E-state index contributed by atoms with van der Waals surface area (Å²) in [7, 11) is 0. The summed E-state index contributed by atoms with van der Waals surface area (Å²) < 4.78 is 12.7. The lowest BCUT2D eigenvalue weighted by Crippen LogP contribution is -2.39. The third-order valence-electron chi connectivity index (χ3n) is 2.32. The Bertz CT molecular complexity index is 295. The zero-order chi connectivity index (χ0) is 12.8. The van der Waals surface area contributed by atoms with Crippen LogP contribution < -0.4 is 0 Å². The molecule has 90 valence electrons. The van der Waals surface area contributed by atoms with Crippen LogP contribution >= 0.6 is 0 Å². The largest absolute Gasteiger partial charge is 0.480 e. The van der Waals surface area contributed by atoms with Gasteiger partial charge in [-0.3, -0.25) is 9.59 Å². The maximum absolute atomic E-state index is 12.7. The summed E-state index contributed by atoms with van der Waals surface area (Å²) in [6.45, 7) is 6.36. The van der Waals surface area contributed by atoms with E-state index in [2.05, 4.69) is 13.2 Å². The van der Waals surface area contributed by atoms with Crippen LogP contribution in [0.2, 0.25) is 0 Å². The molecule has 0 unspecified atom stereocenters. The standard InChI is InChI=1S/C11H15FO4/c1-3-4-5-6-11(9(13)14,10(15)16)7-8(2)12/h3H,1-2,4-7H2,(H,13,14)(H,15,16). The van der Waals surface area contributed by atoms with Crippen LogP contribution in [0.3, 0.4) is 0 Å². The molecule has 0 amide bonds. The highest BCUT2D eigenvalue weighted by molar-refractivity contribution is 5.98. The monoisotopic (exact) mass is 230 g/mol. The molecule has 0 saturated heterocycles. The van der Waals surface area contributed by atoms with Gasteiger partial charge < -0.3 is 10.2 Å². The average Bonchev–Trinajstić information content (AvgIpc) is 2.15. The van der Waals surface area contributed by atoms with E-state index in [9.17, 15) is 14.0 Å². The quantitative estimate of drug-likeness (QED) is 0.381. The van der Waals surface area contributed by atoms with Gasteiger partial charge in [0.2, 0.25) is 0 Å². The van der Waals surface area contributed by atoms with E-state index >= 15 is 0 Å². The Morgan fingerprint density at radius 2 is 1.81 bits per heavy atom. The molecule has 2 N–H and O–H groups in total. The Labute approximate surface area is 93.1 Å². The van der Waals surface area contributed by atoms with Crippen molar-refractivity contribution < 1.29 is 24.2 Å². The Kier molecular flexibility index (Phi) is 5.42. The van der Waals surface area contributed by atoms with Gasteiger partial charge in [-0.05, 0) is 19.3 Å². The van der Waals surface area contributed by atoms with Gasteiger partial charge in [-0.1, -0.05) is 12.7 Å². The van der Waals surface area contributed by atoms with Crippen LogP contribution in [0.4, 0.5) is 4.39 Å². The molecular formula is C11H15FO4. The number of allylic oxidation sites excluding steroid dienone is 2. The second kappa shape index (κ2) is 6.05. The lowest BCUT2D eigenvalue weighted by molar-refractivity contribution is -0.165. The Hall–Kier alpha value is -1.65. The van der Waals surface area contributed by atoms with Gasteiger partial charge in [0.05, 0.1) is 5.83 Å². The van der Waals surface area contributed by atoms with Crippen LogP contribution in [-0.2, 0) is 9.59 Å². The number of carbonyl (C=O) groups is 2. The van der Waals surface area contributed by atoms with Gasteiger partial charge in [0, 0.05) is 6.42 Å². The molecule has 0 aliphatic carbocycles. The van der Waals surface area contributed by atoms with E-state index < -0.39 is 29.6 Å². The normalized spacial score (nSPS) is 10.8. The second-order valence-electron chi connectivity index (χ2n) is 3.57. The van der Waals surface area contributed by atoms with Gasteiger partial charge >= 0.3 is 11.9 Å². The zero-order valence-corrected chi connectivity index (χ0v) is 8.91. The van der Waals surface area contributed by atoms with Crippen molar-refractivity contribution in [3.63, 3.8) is 0 Å². The highest BCUT2D eigenvalue weighted by atomic mass is 19.1. The minimum absolute atomic E-state index is 0.146. The molecule has 0 saturated carbocycles. The smallest absolute Gasteiger partial charge is 0.321 e. The van der Waals surface area contributed by atoms with Crippen molar-refractivity contribution in [1.29, 1.82) is 0 Å². The van der Waals surface area contributed by atoms with Gasteiger partial charge in [0.15, 0.2) is 5.41 Å². The molecule has 0 bridgehead atoms. The van der Waals surface area contributed by atoms with E-state index in [4.69, 9.17) is 10.2 Å². The number of rotatable bonds is 8. The maximum Gasteiger partial charge on any atom is 0.321 e. The van der Waals surface area contributed by atoms with Gasteiger partial charge in [-0.15, -0.1) is 6.58 Å². The number of carboxylic acid groups (broad SMARTS) is 2. The molecule has 0 aromatic carbocycles. The van der Waals surface area contributed by atoms with Gasteiger partial charge in [0.25, 0.3) is 0 Å². The van der Waals surface area contributed by atoms with Gasteiger partial charge in [0.1, 0.15) is 0 Å². The van der Waals surface area contributed by atoms with Crippen LogP contribution in [0.15, 0.2) is 25.1 Å². The predicted octanol–water partition coefficient (Wildman–Crippen LogP) is 2.37. The Morgan fingerprint density at radius 1 is 1.31 bits per heavy atom. The zero-order valence-electron chi connectivity index (χ0n) is 8.91. The maximum atomic E-state index is 12.7. The van der Waals surface area contributed by atoms with E-state index in [1.807, 2.05) is 0 Å². The fourth-order valence-corrected chi connectivity index (χ4v) is 1.42. The molecular weight excluding hydrogens is 215 g/mol. The molecule has 0 fully saturated rings. The first-order valence-corrected chi connectivity index (χ1v) is 4.78. The highest BCUT2D eigenvalue weighted by Gasteiger charge is 2.46. The number of hydrogen-bond acceptors (Lipinski definition) is 2. The molecule has 16 heavy (non-hydrogen) atoms. The van der Waals surface area contributed by atoms with Crippen molar-refractivity contribution in [3.05, 3.63) is 25.1 Å². The third-order valence-corrected chi connectivity index (χ3v) is 2.32. The van der Waals surface area contributed by atoms with Crippen LogP contribution in [0.25, 0.3) is 0 Å². The first kappa shape index (κ1) is 14.3. The van der Waals surface area contributed by atoms with E-state index in [0.717, 1.165) is 0 Å². The average molecular weight is 230 g/mol. The topological polar surface area (TPSA) is 74.6 Å². The van der Waals surface area contributed by atoms with Crippen LogP contribution in [0.1, 0.15) is 25.7 Å². The second-order valence-corrected chi connectivity index (χ2v) is 3.57. The van der Waals surface area contributed by atoms with E-state index in [0.29, 0.717) is 12.8 Å².